The minimum atomic E-state index is 0. The highest BCUT2D eigenvalue weighted by atomic mass is 127. The number of hydrogen-bond acceptors (Lipinski definition) is 3. The van der Waals surface area contributed by atoms with E-state index in [4.69, 9.17) is 4.74 Å². The Kier molecular flexibility index (Phi) is 7.73. The molecule has 1 saturated heterocycles. The number of hydrogen-bond donors (Lipinski definition) is 2. The van der Waals surface area contributed by atoms with Crippen LogP contribution < -0.4 is 10.6 Å². The molecular formula is C20H33IN4O. The first kappa shape index (κ1) is 21.4. The first-order valence-electron chi connectivity index (χ1n) is 9.39. The van der Waals surface area contributed by atoms with Crippen molar-refractivity contribution in [2.24, 2.45) is 4.99 Å². The summed E-state index contributed by atoms with van der Waals surface area (Å²) in [5.74, 6) is 0.892. The van der Waals surface area contributed by atoms with Crippen molar-refractivity contribution < 1.29 is 4.74 Å². The summed E-state index contributed by atoms with van der Waals surface area (Å²) in [6.07, 6.45) is 2.50. The topological polar surface area (TPSA) is 48.9 Å². The predicted molar refractivity (Wildman–Crippen MR) is 119 cm³/mol. The zero-order valence-electron chi connectivity index (χ0n) is 16.3. The Hall–Kier alpha value is -0.860. The maximum atomic E-state index is 5.47. The smallest absolute Gasteiger partial charge is 0.191 e. The van der Waals surface area contributed by atoms with Gasteiger partial charge >= 0.3 is 0 Å². The summed E-state index contributed by atoms with van der Waals surface area (Å²) in [6, 6.07) is 10.8. The number of halogens is 1. The molecule has 1 aromatic carbocycles. The molecule has 1 saturated carbocycles. The van der Waals surface area contributed by atoms with Crippen molar-refractivity contribution in [3.8, 4) is 0 Å². The van der Waals surface area contributed by atoms with E-state index in [2.05, 4.69) is 64.7 Å². The van der Waals surface area contributed by atoms with Crippen LogP contribution in [0.2, 0.25) is 0 Å². The molecule has 1 heterocycles. The van der Waals surface area contributed by atoms with E-state index in [1.165, 1.54) is 18.4 Å². The molecule has 26 heavy (non-hydrogen) atoms. The maximum Gasteiger partial charge on any atom is 0.191 e. The molecule has 1 aromatic rings. The molecular weight excluding hydrogens is 439 g/mol. The van der Waals surface area contributed by atoms with Gasteiger partial charge in [-0.2, -0.15) is 0 Å². The summed E-state index contributed by atoms with van der Waals surface area (Å²) < 4.78 is 5.47. The van der Waals surface area contributed by atoms with Crippen LogP contribution in [0.5, 0.6) is 0 Å². The second-order valence-corrected chi connectivity index (χ2v) is 7.84. The van der Waals surface area contributed by atoms with Gasteiger partial charge in [0.05, 0.1) is 13.2 Å². The lowest BCUT2D eigenvalue weighted by molar-refractivity contribution is -0.00834. The maximum absolute atomic E-state index is 5.47. The number of aliphatic imine (C=N–C) groups is 1. The number of benzene rings is 1. The molecule has 0 radical (unpaired) electrons. The fraction of sp³-hybridized carbons (Fsp3) is 0.650. The molecule has 0 amide bonds. The molecule has 2 N–H and O–H groups in total. The molecule has 0 atom stereocenters. The van der Waals surface area contributed by atoms with E-state index in [0.29, 0.717) is 5.41 Å². The number of nitrogens with zero attached hydrogens (tertiary/aromatic N) is 2. The Morgan fingerprint density at radius 2 is 1.81 bits per heavy atom. The van der Waals surface area contributed by atoms with Crippen LogP contribution in [0.15, 0.2) is 35.3 Å². The van der Waals surface area contributed by atoms with E-state index in [0.717, 1.165) is 45.4 Å². The monoisotopic (exact) mass is 472 g/mol. The molecule has 0 spiro atoms. The number of morpholine rings is 1. The molecule has 1 aliphatic carbocycles. The van der Waals surface area contributed by atoms with Gasteiger partial charge in [0.25, 0.3) is 0 Å². The highest BCUT2D eigenvalue weighted by Gasteiger charge is 2.44. The van der Waals surface area contributed by atoms with E-state index in [-0.39, 0.29) is 29.5 Å². The van der Waals surface area contributed by atoms with Crippen molar-refractivity contribution in [1.82, 2.24) is 15.5 Å². The summed E-state index contributed by atoms with van der Waals surface area (Å²) in [6.45, 7) is 10.0. The lowest BCUT2D eigenvalue weighted by Crippen LogP contribution is -2.56. The molecule has 0 bridgehead atoms. The van der Waals surface area contributed by atoms with Crippen LogP contribution in [0, 0.1) is 0 Å². The van der Waals surface area contributed by atoms with E-state index >= 15 is 0 Å². The van der Waals surface area contributed by atoms with E-state index in [1.807, 2.05) is 7.05 Å². The van der Waals surface area contributed by atoms with E-state index in [9.17, 15) is 0 Å². The van der Waals surface area contributed by atoms with Gasteiger partial charge in [-0.15, -0.1) is 24.0 Å². The van der Waals surface area contributed by atoms with Crippen LogP contribution in [0.3, 0.4) is 0 Å². The van der Waals surface area contributed by atoms with Crippen LogP contribution >= 0.6 is 24.0 Å². The fourth-order valence-corrected chi connectivity index (χ4v) is 3.56. The summed E-state index contributed by atoms with van der Waals surface area (Å²) >= 11 is 0. The quantitative estimate of drug-likeness (QED) is 0.380. The van der Waals surface area contributed by atoms with Crippen molar-refractivity contribution in [3.63, 3.8) is 0 Å². The van der Waals surface area contributed by atoms with Gasteiger partial charge in [0, 0.05) is 44.2 Å². The molecule has 146 valence electrons. The summed E-state index contributed by atoms with van der Waals surface area (Å²) in [4.78, 5) is 6.90. The van der Waals surface area contributed by atoms with Gasteiger partial charge in [0.15, 0.2) is 5.96 Å². The third-order valence-corrected chi connectivity index (χ3v) is 5.61. The highest BCUT2D eigenvalue weighted by molar-refractivity contribution is 14.0. The number of ether oxygens (including phenoxy) is 1. The molecule has 0 aromatic heterocycles. The first-order chi connectivity index (χ1) is 12.1. The lowest BCUT2D eigenvalue weighted by atomic mass is 9.96. The van der Waals surface area contributed by atoms with Crippen LogP contribution in [0.1, 0.15) is 32.3 Å². The van der Waals surface area contributed by atoms with Gasteiger partial charge in [-0.05, 0) is 32.3 Å². The standard InChI is InChI=1S/C20H32N4O.HI/c1-19(2,24-11-13-25-14-12-24)15-22-18(21-3)23-16-20(9-10-20)17-7-5-4-6-8-17;/h4-8H,9-16H2,1-3H3,(H2,21,22,23);1H. The SMILES string of the molecule is CN=C(NCC1(c2ccccc2)CC1)NCC(C)(C)N1CCOCC1.I. The van der Waals surface area contributed by atoms with Crippen molar-refractivity contribution in [3.05, 3.63) is 35.9 Å². The molecule has 2 fully saturated rings. The minimum absolute atomic E-state index is 0. The van der Waals surface area contributed by atoms with Crippen molar-refractivity contribution in [2.75, 3.05) is 46.4 Å². The average molecular weight is 472 g/mol. The molecule has 0 unspecified atom stereocenters. The Morgan fingerprint density at radius 1 is 1.15 bits per heavy atom. The van der Waals surface area contributed by atoms with Crippen molar-refractivity contribution in [2.45, 2.75) is 37.6 Å². The van der Waals surface area contributed by atoms with Crippen molar-refractivity contribution in [1.29, 1.82) is 0 Å². The molecule has 5 nitrogen and oxygen atoms in total. The second kappa shape index (κ2) is 9.37. The minimum Gasteiger partial charge on any atom is -0.379 e. The van der Waals surface area contributed by atoms with Crippen LogP contribution in [0.4, 0.5) is 0 Å². The summed E-state index contributed by atoms with van der Waals surface area (Å²) in [5.41, 5.74) is 1.81. The molecule has 3 rings (SSSR count). The molecule has 1 aliphatic heterocycles. The average Bonchev–Trinajstić information content (AvgIpc) is 3.44. The van der Waals surface area contributed by atoms with Gasteiger partial charge < -0.3 is 15.4 Å². The zero-order valence-corrected chi connectivity index (χ0v) is 18.6. The lowest BCUT2D eigenvalue weighted by Gasteiger charge is -2.41. The van der Waals surface area contributed by atoms with Gasteiger partial charge in [0.2, 0.25) is 0 Å². The van der Waals surface area contributed by atoms with E-state index in [1.54, 1.807) is 0 Å². The number of nitrogens with one attached hydrogen (secondary N) is 2. The van der Waals surface area contributed by atoms with Crippen LogP contribution in [-0.2, 0) is 10.2 Å². The number of guanidine groups is 1. The van der Waals surface area contributed by atoms with Crippen LogP contribution in [-0.4, -0.2) is 62.8 Å². The van der Waals surface area contributed by atoms with Gasteiger partial charge in [-0.3, -0.25) is 9.89 Å². The van der Waals surface area contributed by atoms with Crippen molar-refractivity contribution >= 4 is 29.9 Å². The molecule has 2 aliphatic rings. The van der Waals surface area contributed by atoms with Crippen LogP contribution in [0.25, 0.3) is 0 Å². The Bertz CT molecular complexity index is 581. The van der Waals surface area contributed by atoms with Gasteiger partial charge in [-0.25, -0.2) is 0 Å². The Morgan fingerprint density at radius 3 is 2.38 bits per heavy atom. The third-order valence-electron chi connectivity index (χ3n) is 5.61. The summed E-state index contributed by atoms with van der Waals surface area (Å²) in [7, 11) is 1.85. The largest absolute Gasteiger partial charge is 0.379 e. The second-order valence-electron chi connectivity index (χ2n) is 7.84. The third kappa shape index (κ3) is 5.33. The van der Waals surface area contributed by atoms with Gasteiger partial charge in [0.1, 0.15) is 0 Å². The first-order valence-corrected chi connectivity index (χ1v) is 9.39. The Balaban J connectivity index is 0.00000243. The molecule has 6 heteroatoms. The normalized spacial score (nSPS) is 20.2. The number of rotatable bonds is 6. The van der Waals surface area contributed by atoms with Gasteiger partial charge in [-0.1, -0.05) is 30.3 Å². The summed E-state index contributed by atoms with van der Waals surface area (Å²) in [5, 5.41) is 7.06. The Labute approximate surface area is 175 Å². The fourth-order valence-electron chi connectivity index (χ4n) is 3.56. The predicted octanol–water partition coefficient (Wildman–Crippen LogP) is 2.61. The zero-order chi connectivity index (χ0) is 17.8. The van der Waals surface area contributed by atoms with E-state index < -0.39 is 0 Å². The highest BCUT2D eigenvalue weighted by Crippen LogP contribution is 2.47.